The molecule has 92 valence electrons. The Morgan fingerprint density at radius 2 is 2.12 bits per heavy atom. The first-order chi connectivity index (χ1) is 7.84. The van der Waals surface area contributed by atoms with Gasteiger partial charge in [0, 0.05) is 27.8 Å². The summed E-state index contributed by atoms with van der Waals surface area (Å²) in [5.41, 5.74) is 2.40. The standard InChI is InChI=1S/C12H15IN2O2/c1-12(2)10-6-8(15(16)17)7-11(13)9(10)4-5-14(12)3/h6-7H,4-5H2,1-3H3. The SMILES string of the molecule is CN1CCc2c(I)cc([N+](=O)[O-])cc2C1(C)C. The van der Waals surface area contributed by atoms with Crippen LogP contribution in [0.5, 0.6) is 0 Å². The van der Waals surface area contributed by atoms with Crippen molar-refractivity contribution in [3.8, 4) is 0 Å². The molecule has 0 aromatic heterocycles. The van der Waals surface area contributed by atoms with Gasteiger partial charge in [0.15, 0.2) is 0 Å². The molecule has 1 aliphatic heterocycles. The second kappa shape index (κ2) is 4.20. The highest BCUT2D eigenvalue weighted by atomic mass is 127. The van der Waals surface area contributed by atoms with Crippen molar-refractivity contribution in [2.75, 3.05) is 13.6 Å². The molecule has 1 aliphatic rings. The van der Waals surface area contributed by atoms with Gasteiger partial charge in [0.1, 0.15) is 0 Å². The summed E-state index contributed by atoms with van der Waals surface area (Å²) in [6.45, 7) is 5.23. The molecule has 0 amide bonds. The van der Waals surface area contributed by atoms with Gasteiger partial charge in [0.05, 0.1) is 4.92 Å². The van der Waals surface area contributed by atoms with Crippen LogP contribution in [0.25, 0.3) is 0 Å². The fourth-order valence-electron chi connectivity index (χ4n) is 2.29. The fourth-order valence-corrected chi connectivity index (χ4v) is 3.17. The lowest BCUT2D eigenvalue weighted by Crippen LogP contribution is -2.44. The maximum atomic E-state index is 10.9. The summed E-state index contributed by atoms with van der Waals surface area (Å²) in [6, 6.07) is 3.40. The number of likely N-dealkylation sites (N-methyl/N-ethyl adjacent to an activating group) is 1. The Balaban J connectivity index is 2.65. The van der Waals surface area contributed by atoms with Gasteiger partial charge < -0.3 is 0 Å². The highest BCUT2D eigenvalue weighted by molar-refractivity contribution is 14.1. The summed E-state index contributed by atoms with van der Waals surface area (Å²) in [5.74, 6) is 0. The lowest BCUT2D eigenvalue weighted by molar-refractivity contribution is -0.385. The molecule has 0 radical (unpaired) electrons. The predicted molar refractivity (Wildman–Crippen MR) is 75.2 cm³/mol. The molecule has 4 nitrogen and oxygen atoms in total. The third-order valence-corrected chi connectivity index (χ3v) is 4.66. The molecule has 0 N–H and O–H groups in total. The highest BCUT2D eigenvalue weighted by Gasteiger charge is 2.34. The molecular weight excluding hydrogens is 331 g/mol. The van der Waals surface area contributed by atoms with E-state index in [0.29, 0.717) is 0 Å². The van der Waals surface area contributed by atoms with Crippen molar-refractivity contribution in [1.82, 2.24) is 4.90 Å². The number of hydrogen-bond donors (Lipinski definition) is 0. The van der Waals surface area contributed by atoms with Gasteiger partial charge in [-0.05, 0) is 61.0 Å². The molecule has 0 saturated heterocycles. The number of halogens is 1. The van der Waals surface area contributed by atoms with E-state index in [-0.39, 0.29) is 16.1 Å². The van der Waals surface area contributed by atoms with Crippen LogP contribution in [0.2, 0.25) is 0 Å². The number of rotatable bonds is 1. The van der Waals surface area contributed by atoms with Crippen molar-refractivity contribution in [1.29, 1.82) is 0 Å². The Bertz CT molecular complexity index is 486. The van der Waals surface area contributed by atoms with Crippen LogP contribution < -0.4 is 0 Å². The fraction of sp³-hybridized carbons (Fsp3) is 0.500. The van der Waals surface area contributed by atoms with E-state index in [1.54, 1.807) is 12.1 Å². The first-order valence-corrected chi connectivity index (χ1v) is 6.60. The van der Waals surface area contributed by atoms with Gasteiger partial charge in [0.25, 0.3) is 5.69 Å². The smallest absolute Gasteiger partial charge is 0.270 e. The molecular formula is C12H15IN2O2. The number of nitro groups is 1. The summed E-state index contributed by atoms with van der Waals surface area (Å²) in [5, 5.41) is 10.9. The van der Waals surface area contributed by atoms with Crippen molar-refractivity contribution in [3.63, 3.8) is 0 Å². The van der Waals surface area contributed by atoms with E-state index < -0.39 is 0 Å². The van der Waals surface area contributed by atoms with Crippen LogP contribution in [-0.2, 0) is 12.0 Å². The molecule has 0 atom stereocenters. The molecule has 1 aromatic rings. The molecule has 2 rings (SSSR count). The number of nitro benzene ring substituents is 1. The van der Waals surface area contributed by atoms with Crippen molar-refractivity contribution in [2.24, 2.45) is 0 Å². The third kappa shape index (κ3) is 2.06. The number of non-ortho nitro benzene ring substituents is 1. The second-order valence-electron chi connectivity index (χ2n) is 4.94. The molecule has 5 heteroatoms. The molecule has 0 fully saturated rings. The minimum atomic E-state index is -0.312. The molecule has 1 heterocycles. The van der Waals surface area contributed by atoms with Crippen LogP contribution in [0.15, 0.2) is 12.1 Å². The summed E-state index contributed by atoms with van der Waals surface area (Å²) in [7, 11) is 2.06. The van der Waals surface area contributed by atoms with E-state index in [1.807, 2.05) is 0 Å². The summed E-state index contributed by atoms with van der Waals surface area (Å²) < 4.78 is 1.01. The Kier molecular flexibility index (Phi) is 3.15. The minimum absolute atomic E-state index is 0.139. The quantitative estimate of drug-likeness (QED) is 0.446. The van der Waals surface area contributed by atoms with Crippen LogP contribution in [0.3, 0.4) is 0 Å². The Morgan fingerprint density at radius 3 is 2.71 bits per heavy atom. The molecule has 17 heavy (non-hydrogen) atoms. The van der Waals surface area contributed by atoms with Crippen molar-refractivity contribution < 1.29 is 4.92 Å². The molecule has 1 aromatic carbocycles. The van der Waals surface area contributed by atoms with Crippen LogP contribution >= 0.6 is 22.6 Å². The molecule has 0 saturated carbocycles. The van der Waals surface area contributed by atoms with Crippen LogP contribution in [-0.4, -0.2) is 23.4 Å². The Hall–Kier alpha value is -0.690. The van der Waals surface area contributed by atoms with Crippen LogP contribution in [0.1, 0.15) is 25.0 Å². The average Bonchev–Trinajstić information content (AvgIpc) is 2.24. The first-order valence-electron chi connectivity index (χ1n) is 5.52. The monoisotopic (exact) mass is 346 g/mol. The van der Waals surface area contributed by atoms with Crippen molar-refractivity contribution in [2.45, 2.75) is 25.8 Å². The molecule has 0 spiro atoms. The van der Waals surface area contributed by atoms with E-state index in [2.05, 4.69) is 48.4 Å². The van der Waals surface area contributed by atoms with E-state index >= 15 is 0 Å². The lowest BCUT2D eigenvalue weighted by Gasteiger charge is -2.41. The number of benzene rings is 1. The van der Waals surface area contributed by atoms with Gasteiger partial charge in [0.2, 0.25) is 0 Å². The normalized spacial score (nSPS) is 18.8. The summed E-state index contributed by atoms with van der Waals surface area (Å²) in [6.07, 6.45) is 0.964. The van der Waals surface area contributed by atoms with E-state index in [9.17, 15) is 10.1 Å². The molecule has 0 aliphatic carbocycles. The van der Waals surface area contributed by atoms with E-state index in [0.717, 1.165) is 22.1 Å². The average molecular weight is 346 g/mol. The number of hydrogen-bond acceptors (Lipinski definition) is 3. The maximum absolute atomic E-state index is 10.9. The highest BCUT2D eigenvalue weighted by Crippen LogP contribution is 2.38. The predicted octanol–water partition coefficient (Wildman–Crippen LogP) is 2.92. The topological polar surface area (TPSA) is 46.4 Å². The van der Waals surface area contributed by atoms with Gasteiger partial charge in [-0.3, -0.25) is 15.0 Å². The van der Waals surface area contributed by atoms with Crippen LogP contribution in [0.4, 0.5) is 5.69 Å². The largest absolute Gasteiger partial charge is 0.297 e. The zero-order valence-electron chi connectivity index (χ0n) is 10.2. The second-order valence-corrected chi connectivity index (χ2v) is 6.10. The van der Waals surface area contributed by atoms with Crippen molar-refractivity contribution >= 4 is 28.3 Å². The Labute approximate surface area is 114 Å². The summed E-state index contributed by atoms with van der Waals surface area (Å²) >= 11 is 2.20. The van der Waals surface area contributed by atoms with Crippen LogP contribution in [0, 0.1) is 13.7 Å². The number of nitrogens with zero attached hydrogens (tertiary/aromatic N) is 2. The lowest BCUT2D eigenvalue weighted by atomic mass is 9.83. The first kappa shape index (κ1) is 12.8. The zero-order valence-corrected chi connectivity index (χ0v) is 12.3. The van der Waals surface area contributed by atoms with Gasteiger partial charge in [-0.15, -0.1) is 0 Å². The molecule has 0 unspecified atom stereocenters. The van der Waals surface area contributed by atoms with Gasteiger partial charge >= 0.3 is 0 Å². The zero-order chi connectivity index (χ0) is 12.8. The Morgan fingerprint density at radius 1 is 1.47 bits per heavy atom. The minimum Gasteiger partial charge on any atom is -0.297 e. The maximum Gasteiger partial charge on any atom is 0.270 e. The molecule has 0 bridgehead atoms. The van der Waals surface area contributed by atoms with Gasteiger partial charge in [-0.2, -0.15) is 0 Å². The van der Waals surface area contributed by atoms with Gasteiger partial charge in [-0.1, -0.05) is 0 Å². The van der Waals surface area contributed by atoms with E-state index in [1.165, 1.54) is 5.56 Å². The third-order valence-electron chi connectivity index (χ3n) is 3.70. The van der Waals surface area contributed by atoms with E-state index in [4.69, 9.17) is 0 Å². The number of fused-ring (bicyclic) bond motifs is 1. The van der Waals surface area contributed by atoms with Gasteiger partial charge in [-0.25, -0.2) is 0 Å². The summed E-state index contributed by atoms with van der Waals surface area (Å²) in [4.78, 5) is 12.9. The van der Waals surface area contributed by atoms with Crippen molar-refractivity contribution in [3.05, 3.63) is 36.9 Å².